The Hall–Kier alpha value is -1.56. The Morgan fingerprint density at radius 3 is 1.07 bits per heavy atom. The second-order valence-electron chi connectivity index (χ2n) is 11.6. The van der Waals surface area contributed by atoms with E-state index in [2.05, 4.69) is 69.4 Å². The van der Waals surface area contributed by atoms with Gasteiger partial charge in [-0.05, 0) is 119 Å². The van der Waals surface area contributed by atoms with E-state index in [1.54, 1.807) is 0 Å². The quantitative estimate of drug-likeness (QED) is 0.0483. The molecule has 0 fully saturated rings. The third-order valence-corrected chi connectivity index (χ3v) is 8.97. The molecule has 0 saturated heterocycles. The molecule has 0 aromatic heterocycles. The number of esters is 2. The van der Waals surface area contributed by atoms with Gasteiger partial charge in [-0.2, -0.15) is 0 Å². The van der Waals surface area contributed by atoms with Crippen molar-refractivity contribution in [1.82, 2.24) is 0 Å². The van der Waals surface area contributed by atoms with Crippen LogP contribution < -0.4 is 9.47 Å². The highest BCUT2D eigenvalue weighted by molar-refractivity contribution is 14.1. The van der Waals surface area contributed by atoms with E-state index in [1.807, 2.05) is 24.3 Å². The molecule has 8 heteroatoms. The molecule has 2 rings (SSSR count). The number of carbonyl (C=O) groups is 2. The number of hydrogen-bond acceptors (Lipinski definition) is 6. The summed E-state index contributed by atoms with van der Waals surface area (Å²) in [5.41, 5.74) is 0. The number of unbranched alkanes of at least 4 members (excludes halogenated alkanes) is 14. The molecule has 0 atom stereocenters. The second kappa shape index (κ2) is 27.5. The number of benzene rings is 2. The van der Waals surface area contributed by atoms with Crippen LogP contribution in [0, 0.1) is 7.14 Å². The Kier molecular flexibility index (Phi) is 24.2. The zero-order chi connectivity index (χ0) is 32.2. The van der Waals surface area contributed by atoms with Crippen molar-refractivity contribution in [2.75, 3.05) is 26.4 Å². The fourth-order valence-electron chi connectivity index (χ4n) is 4.88. The van der Waals surface area contributed by atoms with Gasteiger partial charge >= 0.3 is 11.9 Å². The van der Waals surface area contributed by atoms with Crippen molar-refractivity contribution in [3.63, 3.8) is 0 Å². The van der Waals surface area contributed by atoms with Crippen LogP contribution >= 0.6 is 45.2 Å². The molecule has 6 nitrogen and oxygen atoms in total. The van der Waals surface area contributed by atoms with E-state index >= 15 is 0 Å². The van der Waals surface area contributed by atoms with E-state index in [9.17, 15) is 9.59 Å². The van der Waals surface area contributed by atoms with Crippen molar-refractivity contribution < 1.29 is 28.5 Å². The van der Waals surface area contributed by atoms with Crippen LogP contribution in [-0.4, -0.2) is 38.4 Å². The number of ether oxygens (including phenoxy) is 4. The minimum absolute atomic E-state index is 0.148. The fourth-order valence-corrected chi connectivity index (χ4v) is 5.60. The second-order valence-corrected chi connectivity index (χ2v) is 14.0. The monoisotopic (exact) mass is 848 g/mol. The molecule has 0 aliphatic carbocycles. The van der Waals surface area contributed by atoms with Gasteiger partial charge < -0.3 is 18.9 Å². The molecule has 2 aromatic carbocycles. The standard InChI is InChI=1S/C37H54I2O6/c38-32-20-24-34(25-21-32)42-28-15-11-7-3-1-5-9-13-18-36(40)44-30-17-31-45-37(41)19-14-10-6-2-4-8-12-16-29-43-35-26-22-33(39)23-27-35/h20-27H,1-19,28-31H2. The van der Waals surface area contributed by atoms with Gasteiger partial charge in [0.15, 0.2) is 0 Å². The highest BCUT2D eigenvalue weighted by Gasteiger charge is 2.05. The van der Waals surface area contributed by atoms with Crippen LogP contribution in [0.1, 0.15) is 122 Å². The summed E-state index contributed by atoms with van der Waals surface area (Å²) in [5, 5.41) is 0. The molecule has 0 bridgehead atoms. The summed E-state index contributed by atoms with van der Waals surface area (Å²) in [4.78, 5) is 23.8. The van der Waals surface area contributed by atoms with E-state index in [0.717, 1.165) is 76.1 Å². The first kappa shape index (κ1) is 39.6. The van der Waals surface area contributed by atoms with E-state index in [1.165, 1.54) is 58.5 Å². The summed E-state index contributed by atoms with van der Waals surface area (Å²) in [6.45, 7) is 2.19. The van der Waals surface area contributed by atoms with Gasteiger partial charge in [0.05, 0.1) is 26.4 Å². The highest BCUT2D eigenvalue weighted by Crippen LogP contribution is 2.16. The predicted octanol–water partition coefficient (Wildman–Crippen LogP) is 10.9. The lowest BCUT2D eigenvalue weighted by molar-refractivity contribution is -0.146. The maximum absolute atomic E-state index is 11.9. The van der Waals surface area contributed by atoms with Gasteiger partial charge in [0.2, 0.25) is 0 Å². The van der Waals surface area contributed by atoms with E-state index in [-0.39, 0.29) is 11.9 Å². The molecular weight excluding hydrogens is 794 g/mol. The SMILES string of the molecule is O=C(CCCCCCCCCCOc1ccc(I)cc1)OCCCOC(=O)CCCCCCCCCCOc1ccc(I)cc1. The van der Waals surface area contributed by atoms with Crippen molar-refractivity contribution >= 4 is 57.1 Å². The lowest BCUT2D eigenvalue weighted by Crippen LogP contribution is -2.10. The van der Waals surface area contributed by atoms with Crippen LogP contribution in [0.2, 0.25) is 0 Å². The van der Waals surface area contributed by atoms with Crippen LogP contribution in [-0.2, 0) is 19.1 Å². The summed E-state index contributed by atoms with van der Waals surface area (Å²) in [5.74, 6) is 1.60. The van der Waals surface area contributed by atoms with Crippen LogP contribution in [0.15, 0.2) is 48.5 Å². The molecule has 0 radical (unpaired) electrons. The Balaban J connectivity index is 1.24. The summed E-state index contributed by atoms with van der Waals surface area (Å²) in [6, 6.07) is 16.3. The Bertz CT molecular complexity index is 931. The average Bonchev–Trinajstić information content (AvgIpc) is 3.04. The molecule has 0 heterocycles. The summed E-state index contributed by atoms with van der Waals surface area (Å²) in [6.07, 6.45) is 19.6. The van der Waals surface area contributed by atoms with Crippen molar-refractivity contribution in [2.45, 2.75) is 122 Å². The Morgan fingerprint density at radius 2 is 0.711 bits per heavy atom. The molecule has 2 aromatic rings. The fraction of sp³-hybridized carbons (Fsp3) is 0.622. The lowest BCUT2D eigenvalue weighted by atomic mass is 10.1. The number of hydrogen-bond donors (Lipinski definition) is 0. The largest absolute Gasteiger partial charge is 0.494 e. The number of rotatable bonds is 28. The lowest BCUT2D eigenvalue weighted by Gasteiger charge is -2.07. The minimum atomic E-state index is -0.148. The first-order valence-electron chi connectivity index (χ1n) is 17.1. The van der Waals surface area contributed by atoms with Crippen LogP contribution in [0.25, 0.3) is 0 Å². The molecule has 0 amide bonds. The zero-order valence-corrected chi connectivity index (χ0v) is 31.4. The molecule has 0 spiro atoms. The van der Waals surface area contributed by atoms with E-state index < -0.39 is 0 Å². The zero-order valence-electron chi connectivity index (χ0n) is 27.1. The normalized spacial score (nSPS) is 10.9. The van der Waals surface area contributed by atoms with E-state index in [4.69, 9.17) is 18.9 Å². The Morgan fingerprint density at radius 1 is 0.400 bits per heavy atom. The van der Waals surface area contributed by atoms with E-state index in [0.29, 0.717) is 32.5 Å². The van der Waals surface area contributed by atoms with Gasteiger partial charge in [-0.1, -0.05) is 77.0 Å². The van der Waals surface area contributed by atoms with Gasteiger partial charge in [0.25, 0.3) is 0 Å². The molecule has 0 unspecified atom stereocenters. The maximum Gasteiger partial charge on any atom is 0.305 e. The third-order valence-electron chi connectivity index (χ3n) is 7.53. The Labute approximate surface area is 299 Å². The van der Waals surface area contributed by atoms with Gasteiger partial charge in [-0.3, -0.25) is 9.59 Å². The highest BCUT2D eigenvalue weighted by atomic mass is 127. The number of halogens is 2. The molecule has 252 valence electrons. The predicted molar refractivity (Wildman–Crippen MR) is 199 cm³/mol. The molecule has 0 saturated carbocycles. The average molecular weight is 849 g/mol. The van der Waals surface area contributed by atoms with Gasteiger partial charge in [0.1, 0.15) is 11.5 Å². The van der Waals surface area contributed by atoms with Crippen LogP contribution in [0.4, 0.5) is 0 Å². The molecule has 0 aliphatic rings. The maximum atomic E-state index is 11.9. The molecule has 0 aliphatic heterocycles. The smallest absolute Gasteiger partial charge is 0.305 e. The van der Waals surface area contributed by atoms with Gasteiger partial charge in [-0.15, -0.1) is 0 Å². The third kappa shape index (κ3) is 23.4. The molecule has 45 heavy (non-hydrogen) atoms. The van der Waals surface area contributed by atoms with Crippen molar-refractivity contribution in [3.05, 3.63) is 55.7 Å². The van der Waals surface area contributed by atoms with Crippen molar-refractivity contribution in [2.24, 2.45) is 0 Å². The molecule has 0 N–H and O–H groups in total. The van der Waals surface area contributed by atoms with Gasteiger partial charge in [-0.25, -0.2) is 0 Å². The van der Waals surface area contributed by atoms with Crippen LogP contribution in [0.5, 0.6) is 11.5 Å². The first-order chi connectivity index (χ1) is 22.0. The van der Waals surface area contributed by atoms with Gasteiger partial charge in [0, 0.05) is 26.4 Å². The van der Waals surface area contributed by atoms with Crippen molar-refractivity contribution in [1.29, 1.82) is 0 Å². The summed E-state index contributed by atoms with van der Waals surface area (Å²) >= 11 is 4.59. The molecular formula is C37H54I2O6. The van der Waals surface area contributed by atoms with Crippen LogP contribution in [0.3, 0.4) is 0 Å². The van der Waals surface area contributed by atoms with Crippen molar-refractivity contribution in [3.8, 4) is 11.5 Å². The number of carbonyl (C=O) groups excluding carboxylic acids is 2. The summed E-state index contributed by atoms with van der Waals surface area (Å²) in [7, 11) is 0. The summed E-state index contributed by atoms with van der Waals surface area (Å²) < 4.78 is 24.6. The minimum Gasteiger partial charge on any atom is -0.494 e. The topological polar surface area (TPSA) is 71.1 Å². The first-order valence-corrected chi connectivity index (χ1v) is 19.3.